The van der Waals surface area contributed by atoms with Crippen molar-refractivity contribution in [1.29, 1.82) is 0 Å². The van der Waals surface area contributed by atoms with Crippen molar-refractivity contribution >= 4 is 5.91 Å². The SMILES string of the molecule is Cc1cc(CCCC(=O)N2CCC[C@@H]2c2ccc(Cc3ccccc3)cn2)ccc1F. The molecule has 0 bridgehead atoms. The third-order valence-corrected chi connectivity index (χ3v) is 6.09. The number of halogens is 1. The summed E-state index contributed by atoms with van der Waals surface area (Å²) >= 11 is 0. The molecule has 2 aromatic carbocycles. The largest absolute Gasteiger partial charge is 0.334 e. The highest BCUT2D eigenvalue weighted by Gasteiger charge is 2.30. The molecule has 0 saturated carbocycles. The van der Waals surface area contributed by atoms with Gasteiger partial charge < -0.3 is 4.90 Å². The lowest BCUT2D eigenvalue weighted by atomic mass is 10.0. The summed E-state index contributed by atoms with van der Waals surface area (Å²) in [6.07, 6.45) is 6.87. The molecule has 0 N–H and O–H groups in total. The first kappa shape index (κ1) is 21.2. The zero-order chi connectivity index (χ0) is 21.6. The molecule has 1 saturated heterocycles. The van der Waals surface area contributed by atoms with E-state index in [0.717, 1.165) is 49.9 Å². The van der Waals surface area contributed by atoms with Crippen LogP contribution in [0.4, 0.5) is 4.39 Å². The van der Waals surface area contributed by atoms with Crippen molar-refractivity contribution in [3.05, 3.63) is 101 Å². The molecule has 160 valence electrons. The van der Waals surface area contributed by atoms with Gasteiger partial charge in [0.2, 0.25) is 5.91 Å². The lowest BCUT2D eigenvalue weighted by Crippen LogP contribution is -2.30. The van der Waals surface area contributed by atoms with E-state index in [0.29, 0.717) is 12.0 Å². The number of benzene rings is 2. The maximum Gasteiger partial charge on any atom is 0.223 e. The van der Waals surface area contributed by atoms with E-state index in [1.165, 1.54) is 17.2 Å². The van der Waals surface area contributed by atoms with Crippen molar-refractivity contribution in [2.75, 3.05) is 6.54 Å². The third kappa shape index (κ3) is 5.38. The monoisotopic (exact) mass is 416 g/mol. The molecular weight excluding hydrogens is 387 g/mol. The molecule has 3 nitrogen and oxygen atoms in total. The summed E-state index contributed by atoms with van der Waals surface area (Å²) in [6.45, 7) is 2.57. The van der Waals surface area contributed by atoms with Crippen molar-refractivity contribution in [2.45, 2.75) is 51.5 Å². The standard InChI is InChI=1S/C27H29FN2O/c1-20-17-22(12-14-24(20)28)9-5-11-27(31)30-16-6-10-26(30)25-15-13-23(19-29-25)18-21-7-3-2-4-8-21/h2-4,7-8,12-15,17,19,26H,5-6,9-11,16,18H2,1H3/t26-/m1/s1. The minimum Gasteiger partial charge on any atom is -0.334 e. The van der Waals surface area contributed by atoms with Crippen LogP contribution in [0.1, 0.15) is 59.7 Å². The summed E-state index contributed by atoms with van der Waals surface area (Å²) in [4.78, 5) is 19.6. The highest BCUT2D eigenvalue weighted by atomic mass is 19.1. The van der Waals surface area contributed by atoms with Crippen molar-refractivity contribution in [3.63, 3.8) is 0 Å². The predicted octanol–water partition coefficient (Wildman–Crippen LogP) is 5.81. The van der Waals surface area contributed by atoms with Gasteiger partial charge in [0.1, 0.15) is 5.82 Å². The first-order valence-corrected chi connectivity index (χ1v) is 11.1. The molecule has 0 radical (unpaired) electrons. The number of aromatic nitrogens is 1. The summed E-state index contributed by atoms with van der Waals surface area (Å²) in [6, 6.07) is 19.9. The van der Waals surface area contributed by atoms with Crippen molar-refractivity contribution in [3.8, 4) is 0 Å². The summed E-state index contributed by atoms with van der Waals surface area (Å²) < 4.78 is 13.4. The Morgan fingerprint density at radius 1 is 1.06 bits per heavy atom. The van der Waals surface area contributed by atoms with Crippen LogP contribution >= 0.6 is 0 Å². The molecule has 0 unspecified atom stereocenters. The number of rotatable bonds is 7. The van der Waals surface area contributed by atoms with Gasteiger partial charge in [0.05, 0.1) is 11.7 Å². The average Bonchev–Trinajstić information content (AvgIpc) is 3.27. The lowest BCUT2D eigenvalue weighted by Gasteiger charge is -2.24. The van der Waals surface area contributed by atoms with Gasteiger partial charge in [-0.15, -0.1) is 0 Å². The van der Waals surface area contributed by atoms with Crippen LogP contribution in [-0.2, 0) is 17.6 Å². The fraction of sp³-hybridized carbons (Fsp3) is 0.333. The van der Waals surface area contributed by atoms with Crippen LogP contribution in [0.5, 0.6) is 0 Å². The van der Waals surface area contributed by atoms with Crippen molar-refractivity contribution in [1.82, 2.24) is 9.88 Å². The van der Waals surface area contributed by atoms with Gasteiger partial charge >= 0.3 is 0 Å². The zero-order valence-corrected chi connectivity index (χ0v) is 18.1. The molecule has 1 amide bonds. The second-order valence-electron chi connectivity index (χ2n) is 8.44. The van der Waals surface area contributed by atoms with Gasteiger partial charge in [0, 0.05) is 19.2 Å². The van der Waals surface area contributed by atoms with Gasteiger partial charge in [-0.2, -0.15) is 0 Å². The molecule has 0 spiro atoms. The average molecular weight is 417 g/mol. The van der Waals surface area contributed by atoms with Gasteiger partial charge in [0.25, 0.3) is 0 Å². The summed E-state index contributed by atoms with van der Waals surface area (Å²) in [5.74, 6) is 0.0125. The Kier molecular flexibility index (Phi) is 6.76. The smallest absolute Gasteiger partial charge is 0.223 e. The zero-order valence-electron chi connectivity index (χ0n) is 18.1. The minimum absolute atomic E-state index is 0.0753. The third-order valence-electron chi connectivity index (χ3n) is 6.09. The van der Waals surface area contributed by atoms with Crippen molar-refractivity contribution in [2.24, 2.45) is 0 Å². The fourth-order valence-corrected chi connectivity index (χ4v) is 4.39. The molecule has 1 aliphatic heterocycles. The van der Waals surface area contributed by atoms with Crippen LogP contribution in [0.25, 0.3) is 0 Å². The molecule has 31 heavy (non-hydrogen) atoms. The van der Waals surface area contributed by atoms with E-state index < -0.39 is 0 Å². The second-order valence-corrected chi connectivity index (χ2v) is 8.44. The van der Waals surface area contributed by atoms with E-state index >= 15 is 0 Å². The minimum atomic E-state index is -0.179. The normalized spacial score (nSPS) is 15.9. The predicted molar refractivity (Wildman–Crippen MR) is 121 cm³/mol. The highest BCUT2D eigenvalue weighted by molar-refractivity contribution is 5.77. The van der Waals surface area contributed by atoms with E-state index in [2.05, 4.69) is 36.4 Å². The Morgan fingerprint density at radius 2 is 1.87 bits per heavy atom. The Bertz CT molecular complexity index is 1020. The van der Waals surface area contributed by atoms with Gasteiger partial charge in [-0.3, -0.25) is 9.78 Å². The van der Waals surface area contributed by atoms with E-state index in [9.17, 15) is 9.18 Å². The molecule has 1 aromatic heterocycles. The molecule has 2 heterocycles. The fourth-order valence-electron chi connectivity index (χ4n) is 4.39. The molecule has 1 fully saturated rings. The molecule has 3 aromatic rings. The summed E-state index contributed by atoms with van der Waals surface area (Å²) in [5, 5.41) is 0. The van der Waals surface area contributed by atoms with Gasteiger partial charge in [-0.25, -0.2) is 4.39 Å². The Labute approximate surface area is 183 Å². The topological polar surface area (TPSA) is 33.2 Å². The van der Waals surface area contributed by atoms with Gasteiger partial charge in [-0.05, 0) is 73.4 Å². The molecule has 1 atom stereocenters. The second kappa shape index (κ2) is 9.86. The van der Waals surface area contributed by atoms with E-state index in [4.69, 9.17) is 4.98 Å². The van der Waals surface area contributed by atoms with E-state index in [-0.39, 0.29) is 17.8 Å². The first-order chi connectivity index (χ1) is 15.1. The van der Waals surface area contributed by atoms with Crippen LogP contribution < -0.4 is 0 Å². The maximum atomic E-state index is 13.4. The number of hydrogen-bond donors (Lipinski definition) is 0. The first-order valence-electron chi connectivity index (χ1n) is 11.1. The Balaban J connectivity index is 1.33. The van der Waals surface area contributed by atoms with E-state index in [1.807, 2.05) is 29.3 Å². The quantitative estimate of drug-likeness (QED) is 0.487. The summed E-state index contributed by atoms with van der Waals surface area (Å²) in [7, 11) is 0. The summed E-state index contributed by atoms with van der Waals surface area (Å²) in [5.41, 5.74) is 5.17. The van der Waals surface area contributed by atoms with Gasteiger partial charge in [-0.1, -0.05) is 48.5 Å². The number of carbonyl (C=O) groups excluding carboxylic acids is 1. The molecular formula is C27H29FN2O. The maximum absolute atomic E-state index is 13.4. The number of pyridine rings is 1. The number of likely N-dealkylation sites (tertiary alicyclic amines) is 1. The van der Waals surface area contributed by atoms with Crippen LogP contribution in [0, 0.1) is 12.7 Å². The molecule has 4 heteroatoms. The lowest BCUT2D eigenvalue weighted by molar-refractivity contribution is -0.132. The van der Waals surface area contributed by atoms with Crippen LogP contribution in [0.3, 0.4) is 0 Å². The number of carbonyl (C=O) groups is 1. The molecule has 1 aliphatic rings. The van der Waals surface area contributed by atoms with Gasteiger partial charge in [0.15, 0.2) is 0 Å². The number of hydrogen-bond acceptors (Lipinski definition) is 2. The van der Waals surface area contributed by atoms with Crippen LogP contribution in [-0.4, -0.2) is 22.3 Å². The number of aryl methyl sites for hydroxylation is 2. The Hall–Kier alpha value is -3.01. The highest BCUT2D eigenvalue weighted by Crippen LogP contribution is 2.31. The van der Waals surface area contributed by atoms with E-state index in [1.54, 1.807) is 6.92 Å². The Morgan fingerprint density at radius 3 is 2.61 bits per heavy atom. The number of nitrogens with zero attached hydrogens (tertiary/aromatic N) is 2. The van der Waals surface area contributed by atoms with Crippen molar-refractivity contribution < 1.29 is 9.18 Å². The van der Waals surface area contributed by atoms with Crippen LogP contribution in [0.2, 0.25) is 0 Å². The number of amides is 1. The molecule has 4 rings (SSSR count). The van der Waals surface area contributed by atoms with Crippen LogP contribution in [0.15, 0.2) is 66.9 Å². The molecule has 0 aliphatic carbocycles.